The molecule has 9 heteroatoms. The lowest BCUT2D eigenvalue weighted by molar-refractivity contribution is -0.870. The standard InChI is InChI=1S/C61H109N2O6P/c1-6-8-10-12-14-16-18-20-22-24-25-26-27-28-29-30-31-32-33-34-35-36-37-39-40-42-44-46-48-50-52-54-60(64)59(58-69-70(66,67)68-57-56-63(3,4)5)62-61(65)55-53-51-49-47-45-43-41-38-23-21-19-17-15-13-11-9-7-2/h9,11,15,17,21,23,37,39,41,43-44,46-47,49,52,54,59-60,64H,6-8,10,12-14,16,18-20,22,24-36,38,40,42,45,48,50-51,53,55-58H2,1-5H3,(H-,62,65,66,67)/p+1/b11-9-,17-15-,23-21-,39-37+,43-41-,46-44+,49-47-,54-52+. The van der Waals surface area contributed by atoms with Crippen LogP contribution in [0.25, 0.3) is 0 Å². The van der Waals surface area contributed by atoms with Crippen LogP contribution in [-0.4, -0.2) is 73.4 Å². The Kier molecular flexibility index (Phi) is 49.4. The van der Waals surface area contributed by atoms with Crippen molar-refractivity contribution in [2.45, 2.75) is 244 Å². The highest BCUT2D eigenvalue weighted by Crippen LogP contribution is 2.43. The topological polar surface area (TPSA) is 105 Å². The van der Waals surface area contributed by atoms with Crippen molar-refractivity contribution in [3.8, 4) is 0 Å². The molecular weight excluding hydrogens is 888 g/mol. The normalized spacial score (nSPS) is 14.7. The number of likely N-dealkylation sites (N-methyl/N-ethyl adjacent to an activating group) is 1. The summed E-state index contributed by atoms with van der Waals surface area (Å²) in [6.07, 6.45) is 74.0. The molecule has 0 aliphatic heterocycles. The van der Waals surface area contributed by atoms with E-state index < -0.39 is 20.0 Å². The maximum Gasteiger partial charge on any atom is 0.472 e. The molecule has 3 N–H and O–H groups in total. The number of carbonyl (C=O) groups excluding carboxylic acids is 1. The summed E-state index contributed by atoms with van der Waals surface area (Å²) in [6.45, 7) is 4.63. The first-order valence-electron chi connectivity index (χ1n) is 28.6. The quantitative estimate of drug-likeness (QED) is 0.0243. The number of rotatable bonds is 51. The van der Waals surface area contributed by atoms with E-state index in [0.717, 1.165) is 64.2 Å². The molecule has 0 aliphatic rings. The minimum atomic E-state index is -4.38. The molecule has 0 aromatic carbocycles. The molecule has 0 saturated carbocycles. The van der Waals surface area contributed by atoms with Gasteiger partial charge in [0.1, 0.15) is 13.2 Å². The Labute approximate surface area is 432 Å². The summed E-state index contributed by atoms with van der Waals surface area (Å²) in [5, 5.41) is 13.8. The average molecular weight is 999 g/mol. The van der Waals surface area contributed by atoms with Gasteiger partial charge >= 0.3 is 7.82 Å². The zero-order valence-electron chi connectivity index (χ0n) is 46.0. The van der Waals surface area contributed by atoms with E-state index in [1.807, 2.05) is 27.2 Å². The van der Waals surface area contributed by atoms with Crippen LogP contribution in [0.15, 0.2) is 97.2 Å². The average Bonchev–Trinajstić information content (AvgIpc) is 3.32. The molecule has 404 valence electrons. The van der Waals surface area contributed by atoms with E-state index in [1.165, 1.54) is 141 Å². The van der Waals surface area contributed by atoms with Gasteiger partial charge in [-0.15, -0.1) is 0 Å². The largest absolute Gasteiger partial charge is 0.472 e. The first-order chi connectivity index (χ1) is 34.0. The number of nitrogens with one attached hydrogen (secondary N) is 1. The van der Waals surface area contributed by atoms with E-state index in [4.69, 9.17) is 9.05 Å². The molecule has 0 bridgehead atoms. The van der Waals surface area contributed by atoms with E-state index in [-0.39, 0.29) is 25.5 Å². The van der Waals surface area contributed by atoms with Gasteiger partial charge in [0, 0.05) is 6.42 Å². The SMILES string of the molecule is CC/C=C\C/C=C\C/C=C\C/C=C\C/C=C\CCCC(=O)NC(COP(=O)(O)OCC[N+](C)(C)C)C(O)/C=C/CC/C=C/CC/C=C/CCCCCCCCCCCCCCCCCCCCCCC. The first-order valence-corrected chi connectivity index (χ1v) is 30.1. The van der Waals surface area contributed by atoms with Gasteiger partial charge < -0.3 is 19.8 Å². The molecule has 1 amide bonds. The Morgan fingerprint density at radius 2 is 0.871 bits per heavy atom. The molecule has 0 aromatic heterocycles. The highest BCUT2D eigenvalue weighted by Gasteiger charge is 2.27. The maximum atomic E-state index is 12.9. The summed E-state index contributed by atoms with van der Waals surface area (Å²) >= 11 is 0. The number of phosphoric ester groups is 1. The van der Waals surface area contributed by atoms with Gasteiger partial charge in [-0.2, -0.15) is 0 Å². The fraction of sp³-hybridized carbons (Fsp3) is 0.721. The number of nitrogens with zero attached hydrogens (tertiary/aromatic N) is 1. The number of hydrogen-bond donors (Lipinski definition) is 3. The second kappa shape index (κ2) is 51.3. The summed E-state index contributed by atoms with van der Waals surface area (Å²) in [5.74, 6) is -0.250. The predicted molar refractivity (Wildman–Crippen MR) is 304 cm³/mol. The number of hydrogen-bond acceptors (Lipinski definition) is 5. The van der Waals surface area contributed by atoms with Crippen LogP contribution in [0.2, 0.25) is 0 Å². The van der Waals surface area contributed by atoms with Gasteiger partial charge in [0.25, 0.3) is 0 Å². The third-order valence-corrected chi connectivity index (χ3v) is 13.2. The van der Waals surface area contributed by atoms with Crippen molar-refractivity contribution in [3.63, 3.8) is 0 Å². The zero-order valence-corrected chi connectivity index (χ0v) is 46.9. The van der Waals surface area contributed by atoms with Crippen molar-refractivity contribution in [2.75, 3.05) is 40.9 Å². The Hall–Kier alpha value is -2.58. The molecular formula is C61H110N2O6P+. The number of quaternary nitrogens is 1. The minimum absolute atomic E-state index is 0.0377. The van der Waals surface area contributed by atoms with E-state index >= 15 is 0 Å². The van der Waals surface area contributed by atoms with Crippen LogP contribution in [-0.2, 0) is 18.4 Å². The summed E-state index contributed by atoms with van der Waals surface area (Å²) < 4.78 is 23.6. The number of carbonyl (C=O) groups is 1. The fourth-order valence-corrected chi connectivity index (χ4v) is 8.55. The van der Waals surface area contributed by atoms with E-state index in [0.29, 0.717) is 17.4 Å². The second-order valence-electron chi connectivity index (χ2n) is 20.3. The van der Waals surface area contributed by atoms with Crippen LogP contribution in [0, 0.1) is 0 Å². The third-order valence-electron chi connectivity index (χ3n) is 12.3. The summed E-state index contributed by atoms with van der Waals surface area (Å²) in [5.41, 5.74) is 0. The van der Waals surface area contributed by atoms with Gasteiger partial charge in [-0.25, -0.2) is 4.57 Å². The molecule has 0 aliphatic carbocycles. The summed E-state index contributed by atoms with van der Waals surface area (Å²) in [6, 6.07) is -0.907. The summed E-state index contributed by atoms with van der Waals surface area (Å²) in [4.78, 5) is 23.2. The number of allylic oxidation sites excluding steroid dienone is 15. The molecule has 0 rings (SSSR count). The minimum Gasteiger partial charge on any atom is -0.387 e. The first kappa shape index (κ1) is 67.4. The third kappa shape index (κ3) is 53.2. The molecule has 0 spiro atoms. The number of amides is 1. The second-order valence-corrected chi connectivity index (χ2v) is 21.7. The monoisotopic (exact) mass is 998 g/mol. The van der Waals surface area contributed by atoms with Gasteiger partial charge in [0.2, 0.25) is 5.91 Å². The Balaban J connectivity index is 4.30. The van der Waals surface area contributed by atoms with Crippen LogP contribution in [0.5, 0.6) is 0 Å². The molecule has 3 atom stereocenters. The number of phosphoric acid groups is 1. The maximum absolute atomic E-state index is 12.9. The molecule has 8 nitrogen and oxygen atoms in total. The van der Waals surface area contributed by atoms with Crippen molar-refractivity contribution in [3.05, 3.63) is 97.2 Å². The van der Waals surface area contributed by atoms with Crippen LogP contribution in [0.3, 0.4) is 0 Å². The van der Waals surface area contributed by atoms with Crippen molar-refractivity contribution in [1.82, 2.24) is 5.32 Å². The Bertz CT molecular complexity index is 1460. The molecule has 70 heavy (non-hydrogen) atoms. The molecule has 3 unspecified atom stereocenters. The van der Waals surface area contributed by atoms with Gasteiger partial charge in [-0.3, -0.25) is 13.8 Å². The highest BCUT2D eigenvalue weighted by atomic mass is 31.2. The van der Waals surface area contributed by atoms with Gasteiger partial charge in [0.15, 0.2) is 0 Å². The lowest BCUT2D eigenvalue weighted by atomic mass is 10.0. The molecule has 0 radical (unpaired) electrons. The molecule has 0 heterocycles. The van der Waals surface area contributed by atoms with Crippen molar-refractivity contribution in [2.24, 2.45) is 0 Å². The van der Waals surface area contributed by atoms with E-state index in [9.17, 15) is 19.4 Å². The van der Waals surface area contributed by atoms with Crippen LogP contribution >= 0.6 is 7.82 Å². The molecule has 0 saturated heterocycles. The number of unbranched alkanes of at least 4 members (excludes halogenated alkanes) is 24. The lowest BCUT2D eigenvalue weighted by Crippen LogP contribution is -2.45. The zero-order chi connectivity index (χ0) is 51.3. The van der Waals surface area contributed by atoms with E-state index in [1.54, 1.807) is 6.08 Å². The predicted octanol–water partition coefficient (Wildman–Crippen LogP) is 17.4. The van der Waals surface area contributed by atoms with Crippen LogP contribution in [0.4, 0.5) is 0 Å². The Morgan fingerprint density at radius 1 is 0.500 bits per heavy atom. The number of aliphatic hydroxyl groups excluding tert-OH is 1. The number of aliphatic hydroxyl groups is 1. The van der Waals surface area contributed by atoms with Gasteiger partial charge in [-0.1, -0.05) is 239 Å². The van der Waals surface area contributed by atoms with Gasteiger partial charge in [0.05, 0.1) is 39.9 Å². The smallest absolute Gasteiger partial charge is 0.387 e. The molecule has 0 aromatic rings. The molecule has 0 fully saturated rings. The van der Waals surface area contributed by atoms with Crippen LogP contribution < -0.4 is 5.32 Å². The lowest BCUT2D eigenvalue weighted by Gasteiger charge is -2.25. The fourth-order valence-electron chi connectivity index (χ4n) is 7.82. The summed E-state index contributed by atoms with van der Waals surface area (Å²) in [7, 11) is 1.50. The van der Waals surface area contributed by atoms with Crippen molar-refractivity contribution in [1.29, 1.82) is 0 Å². The van der Waals surface area contributed by atoms with Crippen LogP contribution in [0.1, 0.15) is 232 Å². The Morgan fingerprint density at radius 3 is 1.31 bits per heavy atom. The van der Waals surface area contributed by atoms with E-state index in [2.05, 4.69) is 104 Å². The van der Waals surface area contributed by atoms with Crippen molar-refractivity contribution < 1.29 is 32.9 Å². The van der Waals surface area contributed by atoms with Gasteiger partial charge in [-0.05, 0) is 83.5 Å². The highest BCUT2D eigenvalue weighted by molar-refractivity contribution is 7.47. The van der Waals surface area contributed by atoms with Crippen molar-refractivity contribution >= 4 is 13.7 Å².